The van der Waals surface area contributed by atoms with E-state index >= 15 is 0 Å². The van der Waals surface area contributed by atoms with Gasteiger partial charge in [-0.25, -0.2) is 17.7 Å². The van der Waals surface area contributed by atoms with Crippen LogP contribution in [0.4, 0.5) is 5.13 Å². The topological polar surface area (TPSA) is 149 Å². The Morgan fingerprint density at radius 1 is 0.973 bits per heavy atom. The van der Waals surface area contributed by atoms with Crippen LogP contribution in [-0.4, -0.2) is 73.0 Å². The third-order valence-corrected chi connectivity index (χ3v) is 7.98. The number of hydrogen-bond donors (Lipinski definition) is 4. The number of amides is 2. The molecule has 1 aromatic heterocycles. The highest BCUT2D eigenvalue weighted by atomic mass is 32.2. The lowest BCUT2D eigenvalue weighted by atomic mass is 9.94. The number of rotatable bonds is 11. The molecule has 0 saturated heterocycles. The number of carbonyl (C=O) groups excluding carboxylic acids is 2. The highest BCUT2D eigenvalue weighted by Gasteiger charge is 2.33. The monoisotopic (exact) mass is 546 g/mol. The summed E-state index contributed by atoms with van der Waals surface area (Å²) in [6.07, 6.45) is -1.65. The fourth-order valence-corrected chi connectivity index (χ4v) is 5.06. The first-order valence-electron chi connectivity index (χ1n) is 11.4. The van der Waals surface area contributed by atoms with Gasteiger partial charge in [-0.05, 0) is 31.0 Å². The highest BCUT2D eigenvalue weighted by Crippen LogP contribution is 2.22. The molecule has 0 spiro atoms. The molecule has 2 aromatic carbocycles. The van der Waals surface area contributed by atoms with Crippen molar-refractivity contribution in [3.8, 4) is 0 Å². The van der Waals surface area contributed by atoms with Gasteiger partial charge < -0.3 is 20.8 Å². The van der Waals surface area contributed by atoms with E-state index in [9.17, 15) is 28.2 Å². The molecule has 0 saturated carbocycles. The van der Waals surface area contributed by atoms with Crippen molar-refractivity contribution in [1.29, 1.82) is 0 Å². The minimum absolute atomic E-state index is 0.0271. The molecule has 0 fully saturated rings. The first-order valence-corrected chi connectivity index (χ1v) is 14.2. The Hall–Kier alpha value is -3.32. The van der Waals surface area contributed by atoms with Gasteiger partial charge in [0.25, 0.3) is 11.8 Å². The molecule has 0 unspecified atom stereocenters. The van der Waals surface area contributed by atoms with Gasteiger partial charge in [-0.2, -0.15) is 0 Å². The molecule has 37 heavy (non-hydrogen) atoms. The molecule has 4 atom stereocenters. The van der Waals surface area contributed by atoms with Crippen LogP contribution >= 0.6 is 11.3 Å². The Labute approximate surface area is 220 Å². The Kier molecular flexibility index (Phi) is 9.38. The lowest BCUT2D eigenvalue weighted by Gasteiger charge is -2.31. The van der Waals surface area contributed by atoms with E-state index in [2.05, 4.69) is 15.6 Å². The van der Waals surface area contributed by atoms with Crippen LogP contribution in [0.3, 0.4) is 0 Å². The summed E-state index contributed by atoms with van der Waals surface area (Å²) in [6, 6.07) is 15.8. The van der Waals surface area contributed by atoms with Gasteiger partial charge in [0.1, 0.15) is 17.9 Å². The first-order chi connectivity index (χ1) is 17.5. The number of carbonyl (C=O) groups is 2. The number of nitrogens with zero attached hydrogens (tertiary/aromatic N) is 2. The van der Waals surface area contributed by atoms with Gasteiger partial charge in [0.05, 0.1) is 18.3 Å². The quantitative estimate of drug-likeness (QED) is 0.284. The number of benzene rings is 2. The van der Waals surface area contributed by atoms with Crippen LogP contribution in [0.2, 0.25) is 0 Å². The lowest BCUT2D eigenvalue weighted by molar-refractivity contribution is -0.0188. The summed E-state index contributed by atoms with van der Waals surface area (Å²) >= 11 is 0.984. The van der Waals surface area contributed by atoms with E-state index < -0.39 is 46.1 Å². The third kappa shape index (κ3) is 7.59. The second kappa shape index (κ2) is 12.3. The molecule has 0 bridgehead atoms. The summed E-state index contributed by atoms with van der Waals surface area (Å²) < 4.78 is 24.5. The zero-order chi connectivity index (χ0) is 27.2. The maximum absolute atomic E-state index is 13.0. The van der Waals surface area contributed by atoms with E-state index in [0.29, 0.717) is 5.56 Å². The molecule has 3 rings (SSSR count). The molecule has 0 aliphatic rings. The number of sulfonamides is 1. The maximum atomic E-state index is 13.0. The van der Waals surface area contributed by atoms with Gasteiger partial charge in [-0.1, -0.05) is 48.5 Å². The van der Waals surface area contributed by atoms with Gasteiger partial charge in [-0.15, -0.1) is 11.3 Å². The summed E-state index contributed by atoms with van der Waals surface area (Å²) in [5.74, 6) is -1.05. The Morgan fingerprint density at radius 3 is 2.16 bits per heavy atom. The van der Waals surface area contributed by atoms with Crippen molar-refractivity contribution in [2.75, 3.05) is 17.6 Å². The van der Waals surface area contributed by atoms with Crippen LogP contribution in [0.1, 0.15) is 33.3 Å². The van der Waals surface area contributed by atoms with Crippen molar-refractivity contribution in [2.24, 2.45) is 0 Å². The van der Waals surface area contributed by atoms with Crippen molar-refractivity contribution in [1.82, 2.24) is 15.6 Å². The molecular weight excluding hydrogens is 516 g/mol. The molecule has 198 valence electrons. The van der Waals surface area contributed by atoms with E-state index in [1.165, 1.54) is 12.4 Å². The maximum Gasteiger partial charge on any atom is 0.271 e. The molecular formula is C25H30N4O6S2. The number of hydrogen-bond acceptors (Lipinski definition) is 8. The second-order valence-electron chi connectivity index (χ2n) is 8.62. The largest absolute Gasteiger partial charge is 0.388 e. The van der Waals surface area contributed by atoms with Crippen molar-refractivity contribution in [2.45, 2.75) is 37.6 Å². The van der Waals surface area contributed by atoms with Gasteiger partial charge >= 0.3 is 0 Å². The van der Waals surface area contributed by atoms with E-state index in [0.717, 1.165) is 27.5 Å². The fraction of sp³-hybridized carbons (Fsp3) is 0.320. The van der Waals surface area contributed by atoms with Crippen LogP contribution in [0.5, 0.6) is 0 Å². The Balaban J connectivity index is 1.76. The minimum Gasteiger partial charge on any atom is -0.388 e. The molecule has 3 aromatic rings. The van der Waals surface area contributed by atoms with Gasteiger partial charge in [0, 0.05) is 18.0 Å². The molecule has 0 radical (unpaired) electrons. The van der Waals surface area contributed by atoms with Crippen LogP contribution in [0.25, 0.3) is 0 Å². The molecule has 12 heteroatoms. The Morgan fingerprint density at radius 2 is 1.57 bits per heavy atom. The average molecular weight is 547 g/mol. The molecule has 0 aliphatic carbocycles. The molecule has 10 nitrogen and oxygen atoms in total. The molecule has 0 aliphatic heterocycles. The summed E-state index contributed by atoms with van der Waals surface area (Å²) in [5.41, 5.74) is 1.18. The van der Waals surface area contributed by atoms with Crippen molar-refractivity contribution in [3.63, 3.8) is 0 Å². The summed E-state index contributed by atoms with van der Waals surface area (Å²) in [7, 11) is -2.22. The third-order valence-electron chi connectivity index (χ3n) is 5.78. The highest BCUT2D eigenvalue weighted by molar-refractivity contribution is 7.92. The smallest absolute Gasteiger partial charge is 0.271 e. The molecule has 2 amide bonds. The second-order valence-corrected chi connectivity index (χ2v) is 11.5. The van der Waals surface area contributed by atoms with E-state index in [1.54, 1.807) is 37.3 Å². The van der Waals surface area contributed by atoms with Gasteiger partial charge in [0.15, 0.2) is 5.13 Å². The normalized spacial score (nSPS) is 14.7. The number of anilines is 1. The number of aliphatic hydroxyl groups excluding tert-OH is 2. The summed E-state index contributed by atoms with van der Waals surface area (Å²) in [4.78, 5) is 29.6. The molecule has 1 heterocycles. The summed E-state index contributed by atoms with van der Waals surface area (Å²) in [6.45, 7) is 1.56. The van der Waals surface area contributed by atoms with E-state index in [4.69, 9.17) is 0 Å². The van der Waals surface area contributed by atoms with Crippen molar-refractivity contribution < 1.29 is 28.2 Å². The predicted molar refractivity (Wildman–Crippen MR) is 142 cm³/mol. The number of aromatic nitrogens is 1. The average Bonchev–Trinajstić information content (AvgIpc) is 3.38. The van der Waals surface area contributed by atoms with Crippen molar-refractivity contribution >= 4 is 38.3 Å². The first kappa shape index (κ1) is 28.3. The van der Waals surface area contributed by atoms with Crippen molar-refractivity contribution in [3.05, 3.63) is 82.9 Å². The lowest BCUT2D eigenvalue weighted by Crippen LogP contribution is -2.55. The number of nitrogens with one attached hydrogen (secondary N) is 2. The van der Waals surface area contributed by atoms with E-state index in [-0.39, 0.29) is 17.2 Å². The standard InChI is InChI=1S/C25H30N4O6S2/c1-16(26-23(32)18-12-8-5-9-13-18)21(30)22(31)19(14-17-10-6-4-7-11-17)27-24(33)20-15-36-25(28-20)29(2)37(3,34)35/h4-13,15-16,19,21-22,30-31H,14H2,1-3H3,(H,26,32)(H,27,33)/t16-,19+,21-,22-/m1/s1. The zero-order valence-electron chi connectivity index (χ0n) is 20.6. The fourth-order valence-electron chi connectivity index (χ4n) is 3.52. The zero-order valence-corrected chi connectivity index (χ0v) is 22.2. The molecule has 4 N–H and O–H groups in total. The van der Waals surface area contributed by atoms with Gasteiger partial charge in [0.2, 0.25) is 10.0 Å². The van der Waals surface area contributed by atoms with Crippen LogP contribution < -0.4 is 14.9 Å². The van der Waals surface area contributed by atoms with Crippen LogP contribution in [0, 0.1) is 0 Å². The SMILES string of the molecule is C[C@@H](NC(=O)c1ccccc1)[C@@H](O)[C@H](O)[C@H](Cc1ccccc1)NC(=O)c1csc(N(C)S(C)(=O)=O)n1. The van der Waals surface area contributed by atoms with Crippen LogP contribution in [0.15, 0.2) is 66.0 Å². The minimum atomic E-state index is -3.55. The number of thiazole rings is 1. The summed E-state index contributed by atoms with van der Waals surface area (Å²) in [5, 5.41) is 28.9. The predicted octanol–water partition coefficient (Wildman–Crippen LogP) is 1.42. The number of aliphatic hydroxyl groups is 2. The van der Waals surface area contributed by atoms with E-state index in [1.807, 2.05) is 30.3 Å². The van der Waals surface area contributed by atoms with Crippen LogP contribution in [-0.2, 0) is 16.4 Å². The Bertz CT molecular complexity index is 1300. The van der Waals surface area contributed by atoms with Gasteiger partial charge in [-0.3, -0.25) is 9.59 Å².